The quantitative estimate of drug-likeness (QED) is 0.814. The summed E-state index contributed by atoms with van der Waals surface area (Å²) in [5, 5.41) is 4.43. The first-order chi connectivity index (χ1) is 9.35. The van der Waals surface area contributed by atoms with Gasteiger partial charge in [0.05, 0.1) is 18.9 Å². The zero-order chi connectivity index (χ0) is 13.1. The summed E-state index contributed by atoms with van der Waals surface area (Å²) in [6.07, 6.45) is 3.10. The molecule has 106 valence electrons. The molecular weight excluding hydrogens is 242 g/mol. The third-order valence-corrected chi connectivity index (χ3v) is 4.08. The monoisotopic (exact) mass is 265 g/mol. The number of hydrogen-bond donors (Lipinski definition) is 0. The Morgan fingerprint density at radius 3 is 3.16 bits per heavy atom. The second-order valence-electron chi connectivity index (χ2n) is 5.75. The van der Waals surface area contributed by atoms with Crippen molar-refractivity contribution >= 4 is 0 Å². The van der Waals surface area contributed by atoms with Crippen LogP contribution in [-0.4, -0.2) is 54.7 Å². The molecule has 0 aliphatic carbocycles. The van der Waals surface area contributed by atoms with Gasteiger partial charge in [0.25, 0.3) is 0 Å². The first-order valence-corrected chi connectivity index (χ1v) is 7.15. The summed E-state index contributed by atoms with van der Waals surface area (Å²) < 4.78 is 13.0. The molecule has 3 heterocycles. The van der Waals surface area contributed by atoms with Crippen molar-refractivity contribution in [1.29, 1.82) is 0 Å². The maximum Gasteiger partial charge on any atom is 0.0524 e. The number of aromatic nitrogens is 2. The Balaban J connectivity index is 1.68. The fourth-order valence-corrected chi connectivity index (χ4v) is 3.19. The summed E-state index contributed by atoms with van der Waals surface area (Å²) in [7, 11) is 1.78. The third-order valence-electron chi connectivity index (χ3n) is 4.08. The molecule has 0 amide bonds. The van der Waals surface area contributed by atoms with Crippen LogP contribution in [0.25, 0.3) is 0 Å². The van der Waals surface area contributed by atoms with E-state index in [-0.39, 0.29) is 0 Å². The Morgan fingerprint density at radius 1 is 1.42 bits per heavy atom. The van der Waals surface area contributed by atoms with Crippen LogP contribution in [0.3, 0.4) is 0 Å². The van der Waals surface area contributed by atoms with Gasteiger partial charge < -0.3 is 9.47 Å². The minimum Gasteiger partial charge on any atom is -0.384 e. The number of nitrogens with zero attached hydrogens (tertiary/aromatic N) is 3. The lowest BCUT2D eigenvalue weighted by molar-refractivity contribution is 0.107. The summed E-state index contributed by atoms with van der Waals surface area (Å²) in [5.74, 6) is 1.21. The minimum atomic E-state index is 0.522. The van der Waals surface area contributed by atoms with Crippen LogP contribution >= 0.6 is 0 Å². The number of rotatable bonds is 4. The predicted molar refractivity (Wildman–Crippen MR) is 71.8 cm³/mol. The molecule has 0 aromatic carbocycles. The second-order valence-corrected chi connectivity index (χ2v) is 5.75. The first-order valence-electron chi connectivity index (χ1n) is 7.15. The van der Waals surface area contributed by atoms with E-state index in [1.54, 1.807) is 7.11 Å². The maximum atomic E-state index is 5.49. The van der Waals surface area contributed by atoms with Gasteiger partial charge in [-0.25, -0.2) is 0 Å². The van der Waals surface area contributed by atoms with E-state index in [1.807, 2.05) is 6.20 Å². The molecule has 2 aliphatic heterocycles. The molecule has 3 rings (SSSR count). The van der Waals surface area contributed by atoms with Gasteiger partial charge in [-0.1, -0.05) is 0 Å². The number of ether oxygens (including phenoxy) is 2. The van der Waals surface area contributed by atoms with Crippen molar-refractivity contribution < 1.29 is 9.47 Å². The topological polar surface area (TPSA) is 39.5 Å². The van der Waals surface area contributed by atoms with Gasteiger partial charge in [0.2, 0.25) is 0 Å². The van der Waals surface area contributed by atoms with Crippen molar-refractivity contribution in [3.05, 3.63) is 18.0 Å². The molecule has 5 heteroatoms. The molecule has 2 unspecified atom stereocenters. The Kier molecular flexibility index (Phi) is 4.15. The van der Waals surface area contributed by atoms with E-state index >= 15 is 0 Å². The summed E-state index contributed by atoms with van der Waals surface area (Å²) >= 11 is 0. The predicted octanol–water partition coefficient (Wildman–Crippen LogP) is 0.998. The molecule has 1 aromatic rings. The average Bonchev–Trinajstić information content (AvgIpc) is 3.00. The van der Waals surface area contributed by atoms with Crippen molar-refractivity contribution in [2.75, 3.05) is 40.0 Å². The van der Waals surface area contributed by atoms with E-state index in [4.69, 9.17) is 9.47 Å². The van der Waals surface area contributed by atoms with Crippen molar-refractivity contribution in [3.63, 3.8) is 0 Å². The van der Waals surface area contributed by atoms with Crippen molar-refractivity contribution in [2.24, 2.45) is 11.8 Å². The van der Waals surface area contributed by atoms with Gasteiger partial charge in [0, 0.05) is 52.0 Å². The molecule has 0 radical (unpaired) electrons. The van der Waals surface area contributed by atoms with E-state index in [2.05, 4.69) is 20.7 Å². The fraction of sp³-hybridized carbons (Fsp3) is 0.786. The van der Waals surface area contributed by atoms with Crippen LogP contribution in [0.5, 0.6) is 0 Å². The van der Waals surface area contributed by atoms with E-state index < -0.39 is 0 Å². The third kappa shape index (κ3) is 3.16. The Hall–Kier alpha value is -0.910. The van der Waals surface area contributed by atoms with E-state index in [0.717, 1.165) is 46.0 Å². The highest BCUT2D eigenvalue weighted by atomic mass is 16.5. The highest BCUT2D eigenvalue weighted by molar-refractivity contribution is 5.02. The van der Waals surface area contributed by atoms with Gasteiger partial charge in [0.15, 0.2) is 0 Å². The SMILES string of the molecule is COCC1CN(CC2CCOC2)Cc2ccnn2C1. The van der Waals surface area contributed by atoms with Crippen LogP contribution < -0.4 is 0 Å². The van der Waals surface area contributed by atoms with Gasteiger partial charge in [-0.05, 0) is 18.4 Å². The van der Waals surface area contributed by atoms with Gasteiger partial charge in [-0.3, -0.25) is 9.58 Å². The molecule has 1 fully saturated rings. The summed E-state index contributed by atoms with van der Waals surface area (Å²) in [5.41, 5.74) is 1.32. The number of methoxy groups -OCH3 is 1. The zero-order valence-electron chi connectivity index (χ0n) is 11.6. The molecular formula is C14H23N3O2. The van der Waals surface area contributed by atoms with Crippen LogP contribution in [0, 0.1) is 11.8 Å². The fourth-order valence-electron chi connectivity index (χ4n) is 3.19. The van der Waals surface area contributed by atoms with E-state index in [1.165, 1.54) is 12.1 Å². The lowest BCUT2D eigenvalue weighted by atomic mass is 10.1. The van der Waals surface area contributed by atoms with Crippen LogP contribution in [-0.2, 0) is 22.6 Å². The summed E-state index contributed by atoms with van der Waals surface area (Å²) in [4.78, 5) is 2.55. The van der Waals surface area contributed by atoms with Crippen molar-refractivity contribution in [1.82, 2.24) is 14.7 Å². The molecule has 19 heavy (non-hydrogen) atoms. The standard InChI is InChI=1S/C14H23N3O2/c1-18-10-13-7-16(6-12-3-5-19-11-12)9-14-2-4-15-17(14)8-13/h2,4,12-13H,3,5-11H2,1H3. The normalized spacial score (nSPS) is 28.3. The molecule has 2 aliphatic rings. The number of hydrogen-bond acceptors (Lipinski definition) is 4. The van der Waals surface area contributed by atoms with Crippen molar-refractivity contribution in [2.45, 2.75) is 19.5 Å². The van der Waals surface area contributed by atoms with Gasteiger partial charge in [-0.2, -0.15) is 5.10 Å². The van der Waals surface area contributed by atoms with Crippen LogP contribution in [0.15, 0.2) is 12.3 Å². The van der Waals surface area contributed by atoms with Gasteiger partial charge >= 0.3 is 0 Å². The number of fused-ring (bicyclic) bond motifs is 1. The molecule has 0 spiro atoms. The van der Waals surface area contributed by atoms with Gasteiger partial charge in [0.1, 0.15) is 0 Å². The summed E-state index contributed by atoms with van der Waals surface area (Å²) in [6.45, 7) is 6.84. The summed E-state index contributed by atoms with van der Waals surface area (Å²) in [6, 6.07) is 2.13. The van der Waals surface area contributed by atoms with E-state index in [0.29, 0.717) is 11.8 Å². The van der Waals surface area contributed by atoms with Crippen LogP contribution in [0.2, 0.25) is 0 Å². The molecule has 0 saturated carbocycles. The largest absolute Gasteiger partial charge is 0.384 e. The lowest BCUT2D eigenvalue weighted by Crippen LogP contribution is -2.34. The van der Waals surface area contributed by atoms with Gasteiger partial charge in [-0.15, -0.1) is 0 Å². The minimum absolute atomic E-state index is 0.522. The molecule has 0 bridgehead atoms. The highest BCUT2D eigenvalue weighted by Gasteiger charge is 2.25. The Labute approximate surface area is 114 Å². The smallest absolute Gasteiger partial charge is 0.0524 e. The van der Waals surface area contributed by atoms with Crippen LogP contribution in [0.1, 0.15) is 12.1 Å². The average molecular weight is 265 g/mol. The Bertz CT molecular complexity index is 401. The van der Waals surface area contributed by atoms with Crippen LogP contribution in [0.4, 0.5) is 0 Å². The molecule has 5 nitrogen and oxygen atoms in total. The highest BCUT2D eigenvalue weighted by Crippen LogP contribution is 2.20. The lowest BCUT2D eigenvalue weighted by Gasteiger charge is -2.25. The molecule has 2 atom stereocenters. The van der Waals surface area contributed by atoms with Crippen molar-refractivity contribution in [3.8, 4) is 0 Å². The van der Waals surface area contributed by atoms with E-state index in [9.17, 15) is 0 Å². The zero-order valence-corrected chi connectivity index (χ0v) is 11.6. The first kappa shape index (κ1) is 13.1. The Morgan fingerprint density at radius 2 is 2.37 bits per heavy atom. The molecule has 1 aromatic heterocycles. The molecule has 1 saturated heterocycles. The maximum absolute atomic E-state index is 5.49. The molecule has 0 N–H and O–H groups in total. The second kappa shape index (κ2) is 6.03.